The maximum atomic E-state index is 12.3. The van der Waals surface area contributed by atoms with Crippen LogP contribution in [0.3, 0.4) is 0 Å². The topological polar surface area (TPSA) is 69.6 Å². The average Bonchev–Trinajstić information content (AvgIpc) is 3.29. The van der Waals surface area contributed by atoms with Gasteiger partial charge in [0.1, 0.15) is 0 Å². The average molecular weight is 304 g/mol. The molecule has 0 spiro atoms. The zero-order valence-corrected chi connectivity index (χ0v) is 13.4. The summed E-state index contributed by atoms with van der Waals surface area (Å²) < 4.78 is 0. The molecule has 1 aromatic rings. The molecule has 0 aliphatic heterocycles. The van der Waals surface area contributed by atoms with Gasteiger partial charge in [-0.1, -0.05) is 36.8 Å². The molecule has 22 heavy (non-hydrogen) atoms. The lowest BCUT2D eigenvalue weighted by atomic mass is 10.0. The molecule has 0 heterocycles. The summed E-state index contributed by atoms with van der Waals surface area (Å²) in [5.41, 5.74) is 2.30. The molecule has 5 nitrogen and oxygen atoms in total. The largest absolute Gasteiger partial charge is 0.481 e. The van der Waals surface area contributed by atoms with Crippen LogP contribution in [0.4, 0.5) is 4.79 Å². The molecule has 1 fully saturated rings. The van der Waals surface area contributed by atoms with E-state index in [-0.39, 0.29) is 18.6 Å². The predicted molar refractivity (Wildman–Crippen MR) is 84.6 cm³/mol. The van der Waals surface area contributed by atoms with Crippen LogP contribution < -0.4 is 5.32 Å². The summed E-state index contributed by atoms with van der Waals surface area (Å²) in [6.07, 6.45) is 2.24. The van der Waals surface area contributed by atoms with Crippen LogP contribution in [0.5, 0.6) is 0 Å². The van der Waals surface area contributed by atoms with Gasteiger partial charge in [0, 0.05) is 13.6 Å². The second kappa shape index (κ2) is 6.81. The molecular weight excluding hydrogens is 280 g/mol. The number of aryl methyl sites for hydroxylation is 1. The fraction of sp³-hybridized carbons (Fsp3) is 0.529. The first-order chi connectivity index (χ1) is 10.4. The van der Waals surface area contributed by atoms with Gasteiger partial charge in [0.25, 0.3) is 0 Å². The highest BCUT2D eigenvalue weighted by molar-refractivity contribution is 5.76. The van der Waals surface area contributed by atoms with Gasteiger partial charge in [-0.05, 0) is 31.2 Å². The van der Waals surface area contributed by atoms with Crippen molar-refractivity contribution in [2.24, 2.45) is 11.8 Å². The Morgan fingerprint density at radius 2 is 1.91 bits per heavy atom. The number of amides is 2. The highest BCUT2D eigenvalue weighted by atomic mass is 16.4. The van der Waals surface area contributed by atoms with Crippen LogP contribution in [0, 0.1) is 18.8 Å². The molecule has 0 aromatic heterocycles. The number of rotatable bonds is 6. The fourth-order valence-electron chi connectivity index (χ4n) is 2.49. The number of carboxylic acid groups (broad SMARTS) is 1. The summed E-state index contributed by atoms with van der Waals surface area (Å²) >= 11 is 0. The second-order valence-corrected chi connectivity index (χ2v) is 6.30. The summed E-state index contributed by atoms with van der Waals surface area (Å²) in [6, 6.07) is 8.00. The van der Waals surface area contributed by atoms with Crippen molar-refractivity contribution >= 4 is 12.0 Å². The number of hydrogen-bond donors (Lipinski definition) is 2. The Bertz CT molecular complexity index is 537. The molecule has 0 bridgehead atoms. The first-order valence-corrected chi connectivity index (χ1v) is 7.69. The third kappa shape index (κ3) is 4.23. The van der Waals surface area contributed by atoms with Crippen molar-refractivity contribution in [1.29, 1.82) is 0 Å². The molecule has 1 aliphatic carbocycles. The molecule has 1 aliphatic rings. The second-order valence-electron chi connectivity index (χ2n) is 6.30. The van der Waals surface area contributed by atoms with Gasteiger partial charge in [0.15, 0.2) is 0 Å². The Labute approximate surface area is 131 Å². The molecular formula is C17H24N2O3. The maximum absolute atomic E-state index is 12.3. The van der Waals surface area contributed by atoms with Crippen LogP contribution in [0.1, 0.15) is 36.9 Å². The van der Waals surface area contributed by atoms with Gasteiger partial charge >= 0.3 is 12.0 Å². The van der Waals surface area contributed by atoms with E-state index in [0.29, 0.717) is 5.92 Å². The van der Waals surface area contributed by atoms with Gasteiger partial charge in [-0.15, -0.1) is 0 Å². The Hall–Kier alpha value is -2.04. The molecule has 2 atom stereocenters. The summed E-state index contributed by atoms with van der Waals surface area (Å²) in [4.78, 5) is 24.6. The number of nitrogens with zero attached hydrogens (tertiary/aromatic N) is 1. The Kier molecular flexibility index (Phi) is 5.06. The van der Waals surface area contributed by atoms with Crippen molar-refractivity contribution in [3.63, 3.8) is 0 Å². The van der Waals surface area contributed by atoms with E-state index in [1.165, 1.54) is 10.5 Å². The number of aliphatic carboxylic acids is 1. The summed E-state index contributed by atoms with van der Waals surface area (Å²) in [7, 11) is 1.63. The van der Waals surface area contributed by atoms with Gasteiger partial charge in [-0.25, -0.2) is 4.79 Å². The van der Waals surface area contributed by atoms with E-state index < -0.39 is 11.9 Å². The molecule has 1 aromatic carbocycles. The zero-order valence-electron chi connectivity index (χ0n) is 13.4. The van der Waals surface area contributed by atoms with Crippen molar-refractivity contribution in [3.05, 3.63) is 35.4 Å². The van der Waals surface area contributed by atoms with Crippen LogP contribution >= 0.6 is 0 Å². The minimum atomic E-state index is -0.892. The van der Waals surface area contributed by atoms with Gasteiger partial charge in [0.2, 0.25) is 0 Å². The van der Waals surface area contributed by atoms with E-state index in [1.54, 1.807) is 14.0 Å². The Balaban J connectivity index is 2.00. The van der Waals surface area contributed by atoms with Crippen LogP contribution in [0.25, 0.3) is 0 Å². The zero-order chi connectivity index (χ0) is 16.3. The third-order valence-electron chi connectivity index (χ3n) is 4.12. The fourth-order valence-corrected chi connectivity index (χ4v) is 2.49. The van der Waals surface area contributed by atoms with Gasteiger partial charge in [-0.2, -0.15) is 0 Å². The number of urea groups is 1. The van der Waals surface area contributed by atoms with Crippen molar-refractivity contribution in [3.8, 4) is 0 Å². The molecule has 2 N–H and O–H groups in total. The van der Waals surface area contributed by atoms with E-state index in [2.05, 4.69) is 17.4 Å². The summed E-state index contributed by atoms with van der Waals surface area (Å²) in [5.74, 6) is -0.983. The molecule has 2 rings (SSSR count). The number of benzene rings is 1. The quantitative estimate of drug-likeness (QED) is 0.849. The van der Waals surface area contributed by atoms with E-state index in [4.69, 9.17) is 5.11 Å². The number of hydrogen-bond acceptors (Lipinski definition) is 2. The standard InChI is InChI=1S/C17H24N2O3/c1-11-4-6-13(7-5-11)15(14-8-9-14)18-17(22)19(3)10-12(2)16(20)21/h4-7,12,14-15H,8-10H2,1-3H3,(H,18,22)(H,20,21). The lowest BCUT2D eigenvalue weighted by Gasteiger charge is -2.25. The Morgan fingerprint density at radius 1 is 1.32 bits per heavy atom. The minimum Gasteiger partial charge on any atom is -0.481 e. The smallest absolute Gasteiger partial charge is 0.317 e. The van der Waals surface area contributed by atoms with Crippen molar-refractivity contribution in [2.45, 2.75) is 32.7 Å². The number of nitrogens with one attached hydrogen (secondary N) is 1. The third-order valence-corrected chi connectivity index (χ3v) is 4.12. The van der Waals surface area contributed by atoms with Crippen LogP contribution in [-0.2, 0) is 4.79 Å². The number of carboxylic acids is 1. The minimum absolute atomic E-state index is 0.00989. The molecule has 2 amide bonds. The van der Waals surface area contributed by atoms with Gasteiger partial charge < -0.3 is 15.3 Å². The van der Waals surface area contributed by atoms with E-state index in [0.717, 1.165) is 18.4 Å². The molecule has 2 unspecified atom stereocenters. The molecule has 0 radical (unpaired) electrons. The number of carbonyl (C=O) groups is 2. The maximum Gasteiger partial charge on any atom is 0.317 e. The van der Waals surface area contributed by atoms with E-state index in [9.17, 15) is 9.59 Å². The summed E-state index contributed by atoms with van der Waals surface area (Å²) in [6.45, 7) is 3.84. The first-order valence-electron chi connectivity index (χ1n) is 7.69. The van der Waals surface area contributed by atoms with Crippen molar-refractivity contribution in [2.75, 3.05) is 13.6 Å². The first kappa shape index (κ1) is 16.3. The van der Waals surface area contributed by atoms with Gasteiger partial charge in [-0.3, -0.25) is 4.79 Å². The molecule has 120 valence electrons. The van der Waals surface area contributed by atoms with E-state index >= 15 is 0 Å². The molecule has 0 saturated heterocycles. The molecule has 5 heteroatoms. The predicted octanol–water partition coefficient (Wildman–Crippen LogP) is 2.81. The Morgan fingerprint density at radius 3 is 2.41 bits per heavy atom. The lowest BCUT2D eigenvalue weighted by Crippen LogP contribution is -2.42. The monoisotopic (exact) mass is 304 g/mol. The van der Waals surface area contributed by atoms with Crippen molar-refractivity contribution < 1.29 is 14.7 Å². The van der Waals surface area contributed by atoms with Gasteiger partial charge in [0.05, 0.1) is 12.0 Å². The highest BCUT2D eigenvalue weighted by Gasteiger charge is 2.34. The molecule has 1 saturated carbocycles. The number of carbonyl (C=O) groups excluding carboxylic acids is 1. The van der Waals surface area contributed by atoms with Crippen molar-refractivity contribution in [1.82, 2.24) is 10.2 Å². The lowest BCUT2D eigenvalue weighted by molar-refractivity contribution is -0.141. The normalized spacial score (nSPS) is 16.7. The van der Waals surface area contributed by atoms with Crippen LogP contribution in [0.2, 0.25) is 0 Å². The highest BCUT2D eigenvalue weighted by Crippen LogP contribution is 2.41. The SMILES string of the molecule is Cc1ccc(C(NC(=O)N(C)CC(C)C(=O)O)C2CC2)cc1. The summed E-state index contributed by atoms with van der Waals surface area (Å²) in [5, 5.41) is 12.0. The van der Waals surface area contributed by atoms with E-state index in [1.807, 2.05) is 19.1 Å². The van der Waals surface area contributed by atoms with Crippen LogP contribution in [0.15, 0.2) is 24.3 Å². The van der Waals surface area contributed by atoms with Crippen LogP contribution in [-0.4, -0.2) is 35.6 Å².